The topological polar surface area (TPSA) is 80.0 Å². The summed E-state index contributed by atoms with van der Waals surface area (Å²) >= 11 is 0. The van der Waals surface area contributed by atoms with Crippen LogP contribution in [0.5, 0.6) is 0 Å². The molecule has 0 spiro atoms. The number of rotatable bonds is 6. The van der Waals surface area contributed by atoms with Crippen LogP contribution >= 0.6 is 0 Å². The van der Waals surface area contributed by atoms with Gasteiger partial charge in [-0.3, -0.25) is 4.79 Å². The monoisotopic (exact) mass is 330 g/mol. The van der Waals surface area contributed by atoms with Crippen LogP contribution < -0.4 is 11.1 Å². The van der Waals surface area contributed by atoms with Crippen LogP contribution in [0.2, 0.25) is 0 Å². The molecule has 0 aliphatic carbocycles. The number of aliphatic imine (C=N–C) groups is 1. The first-order valence-electron chi connectivity index (χ1n) is 8.71. The fraction of sp³-hybridized carbons (Fsp3) is 0.556. The van der Waals surface area contributed by atoms with E-state index >= 15 is 0 Å². The standard InChI is InChI=1S/C18H26N4O2/c1-13-15(21-18(24-13)14-6-3-2-4-7-14)9-10-20-12-17(23)22-11-5-8-16(22)19/h2-4,6-7,13,15-16,20H,5,8-12,19H2,1H3/t13?,15?,16-/m0/s1. The summed E-state index contributed by atoms with van der Waals surface area (Å²) in [5.41, 5.74) is 6.93. The summed E-state index contributed by atoms with van der Waals surface area (Å²) < 4.78 is 5.86. The third kappa shape index (κ3) is 3.94. The lowest BCUT2D eigenvalue weighted by molar-refractivity contribution is -0.130. The predicted octanol–water partition coefficient (Wildman–Crippen LogP) is 1.11. The molecule has 2 aliphatic heterocycles. The zero-order valence-corrected chi connectivity index (χ0v) is 14.1. The molecule has 130 valence electrons. The first-order valence-corrected chi connectivity index (χ1v) is 8.71. The van der Waals surface area contributed by atoms with Gasteiger partial charge in [0.2, 0.25) is 11.8 Å². The molecule has 1 aromatic rings. The van der Waals surface area contributed by atoms with Crippen molar-refractivity contribution in [3.8, 4) is 0 Å². The molecule has 0 saturated carbocycles. The summed E-state index contributed by atoms with van der Waals surface area (Å²) in [4.78, 5) is 18.5. The first-order chi connectivity index (χ1) is 11.6. The van der Waals surface area contributed by atoms with Crippen LogP contribution in [-0.2, 0) is 9.53 Å². The van der Waals surface area contributed by atoms with E-state index in [0.717, 1.165) is 37.9 Å². The molecule has 6 heteroatoms. The van der Waals surface area contributed by atoms with E-state index in [1.165, 1.54) is 0 Å². The normalized spacial score (nSPS) is 26.3. The van der Waals surface area contributed by atoms with E-state index in [1.807, 2.05) is 37.3 Å². The molecule has 2 unspecified atom stereocenters. The fourth-order valence-corrected chi connectivity index (χ4v) is 3.21. The molecule has 0 aromatic heterocycles. The van der Waals surface area contributed by atoms with Crippen LogP contribution in [0.15, 0.2) is 35.3 Å². The minimum atomic E-state index is -0.111. The van der Waals surface area contributed by atoms with Gasteiger partial charge in [0.1, 0.15) is 6.10 Å². The van der Waals surface area contributed by atoms with Crippen LogP contribution in [0.1, 0.15) is 31.7 Å². The van der Waals surface area contributed by atoms with Gasteiger partial charge in [-0.05, 0) is 44.9 Å². The second-order valence-electron chi connectivity index (χ2n) is 6.45. The molecule has 0 bridgehead atoms. The molecule has 2 aliphatic rings. The Morgan fingerprint density at radius 2 is 2.21 bits per heavy atom. The van der Waals surface area contributed by atoms with Crippen molar-refractivity contribution >= 4 is 11.8 Å². The van der Waals surface area contributed by atoms with Crippen molar-refractivity contribution in [2.24, 2.45) is 10.7 Å². The third-order valence-electron chi connectivity index (χ3n) is 4.66. The quantitative estimate of drug-likeness (QED) is 0.766. The van der Waals surface area contributed by atoms with Crippen molar-refractivity contribution in [1.82, 2.24) is 10.2 Å². The highest BCUT2D eigenvalue weighted by molar-refractivity contribution is 5.95. The van der Waals surface area contributed by atoms with Gasteiger partial charge in [0.05, 0.1) is 18.8 Å². The molecule has 24 heavy (non-hydrogen) atoms. The highest BCUT2D eigenvalue weighted by atomic mass is 16.5. The molecule has 1 fully saturated rings. The van der Waals surface area contributed by atoms with E-state index in [9.17, 15) is 4.79 Å². The molecule has 6 nitrogen and oxygen atoms in total. The van der Waals surface area contributed by atoms with E-state index in [2.05, 4.69) is 10.3 Å². The molecule has 1 amide bonds. The van der Waals surface area contributed by atoms with Gasteiger partial charge in [-0.25, -0.2) is 4.99 Å². The van der Waals surface area contributed by atoms with Gasteiger partial charge in [-0.15, -0.1) is 0 Å². The number of nitrogens with two attached hydrogens (primary N) is 1. The molecule has 3 atom stereocenters. The van der Waals surface area contributed by atoms with Crippen LogP contribution in [0.25, 0.3) is 0 Å². The van der Waals surface area contributed by atoms with Crippen molar-refractivity contribution in [2.45, 2.75) is 44.5 Å². The molecule has 1 saturated heterocycles. The molecule has 3 N–H and O–H groups in total. The third-order valence-corrected chi connectivity index (χ3v) is 4.66. The summed E-state index contributed by atoms with van der Waals surface area (Å²) in [6, 6.07) is 10.1. The van der Waals surface area contributed by atoms with Gasteiger partial charge in [0.25, 0.3) is 0 Å². The van der Waals surface area contributed by atoms with E-state index in [-0.39, 0.29) is 24.2 Å². The summed E-state index contributed by atoms with van der Waals surface area (Å²) in [6.45, 7) is 3.89. The van der Waals surface area contributed by atoms with E-state index < -0.39 is 0 Å². The number of likely N-dealkylation sites (tertiary alicyclic amines) is 1. The maximum absolute atomic E-state index is 12.1. The average Bonchev–Trinajstić information content (AvgIpc) is 3.18. The number of amides is 1. The zero-order chi connectivity index (χ0) is 16.9. The van der Waals surface area contributed by atoms with Crippen LogP contribution in [0, 0.1) is 0 Å². The van der Waals surface area contributed by atoms with Gasteiger partial charge < -0.3 is 20.7 Å². The zero-order valence-electron chi connectivity index (χ0n) is 14.1. The van der Waals surface area contributed by atoms with Crippen molar-refractivity contribution in [2.75, 3.05) is 19.6 Å². The van der Waals surface area contributed by atoms with Gasteiger partial charge in [0, 0.05) is 12.1 Å². The van der Waals surface area contributed by atoms with Crippen molar-refractivity contribution in [1.29, 1.82) is 0 Å². The van der Waals surface area contributed by atoms with Crippen LogP contribution in [-0.4, -0.2) is 54.7 Å². The van der Waals surface area contributed by atoms with Crippen LogP contribution in [0.3, 0.4) is 0 Å². The lowest BCUT2D eigenvalue weighted by Gasteiger charge is -2.21. The Labute approximate surface area is 143 Å². The van der Waals surface area contributed by atoms with Crippen molar-refractivity contribution < 1.29 is 9.53 Å². The molecule has 1 aromatic carbocycles. The molecule has 0 radical (unpaired) electrons. The summed E-state index contributed by atoms with van der Waals surface area (Å²) in [5, 5.41) is 3.21. The van der Waals surface area contributed by atoms with E-state index in [0.29, 0.717) is 12.4 Å². The summed E-state index contributed by atoms with van der Waals surface area (Å²) in [5.74, 6) is 0.802. The maximum Gasteiger partial charge on any atom is 0.237 e. The smallest absolute Gasteiger partial charge is 0.237 e. The predicted molar refractivity (Wildman–Crippen MR) is 93.7 cm³/mol. The Balaban J connectivity index is 1.43. The minimum absolute atomic E-state index is 0.0599. The molecule has 2 heterocycles. The number of benzene rings is 1. The van der Waals surface area contributed by atoms with Gasteiger partial charge in [-0.1, -0.05) is 18.2 Å². The average molecular weight is 330 g/mol. The van der Waals surface area contributed by atoms with Gasteiger partial charge in [0.15, 0.2) is 0 Å². The number of hydrogen-bond donors (Lipinski definition) is 2. The lowest BCUT2D eigenvalue weighted by atomic mass is 10.1. The summed E-state index contributed by atoms with van der Waals surface area (Å²) in [7, 11) is 0. The van der Waals surface area contributed by atoms with Gasteiger partial charge >= 0.3 is 0 Å². The Hall–Kier alpha value is -1.92. The first kappa shape index (κ1) is 16.9. The minimum Gasteiger partial charge on any atom is -0.472 e. The van der Waals surface area contributed by atoms with E-state index in [4.69, 9.17) is 10.5 Å². The number of ether oxygens (including phenoxy) is 1. The fourth-order valence-electron chi connectivity index (χ4n) is 3.21. The lowest BCUT2D eigenvalue weighted by Crippen LogP contribution is -2.45. The second kappa shape index (κ2) is 7.77. The Bertz CT molecular complexity index is 590. The Morgan fingerprint density at radius 3 is 2.92 bits per heavy atom. The Kier molecular flexibility index (Phi) is 5.48. The highest BCUT2D eigenvalue weighted by Gasteiger charge is 2.28. The Morgan fingerprint density at radius 1 is 1.42 bits per heavy atom. The maximum atomic E-state index is 12.1. The van der Waals surface area contributed by atoms with E-state index in [1.54, 1.807) is 4.90 Å². The molecule has 3 rings (SSSR count). The van der Waals surface area contributed by atoms with Crippen LogP contribution in [0.4, 0.5) is 0 Å². The van der Waals surface area contributed by atoms with Crippen molar-refractivity contribution in [3.05, 3.63) is 35.9 Å². The molecular formula is C18H26N4O2. The number of carbonyl (C=O) groups is 1. The highest BCUT2D eigenvalue weighted by Crippen LogP contribution is 2.20. The molecular weight excluding hydrogens is 304 g/mol. The largest absolute Gasteiger partial charge is 0.472 e. The van der Waals surface area contributed by atoms with Crippen molar-refractivity contribution in [3.63, 3.8) is 0 Å². The SMILES string of the molecule is CC1OC(c2ccccc2)=NC1CCNCC(=O)N1CCC[C@H]1N. The number of nitrogens with zero attached hydrogens (tertiary/aromatic N) is 2. The van der Waals surface area contributed by atoms with Gasteiger partial charge in [-0.2, -0.15) is 0 Å². The summed E-state index contributed by atoms with van der Waals surface area (Å²) in [6.07, 6.45) is 2.70. The number of hydrogen-bond acceptors (Lipinski definition) is 5. The second-order valence-corrected chi connectivity index (χ2v) is 6.45. The number of nitrogens with one attached hydrogen (secondary N) is 1. The number of carbonyl (C=O) groups excluding carboxylic acids is 1.